The monoisotopic (exact) mass is 372 g/mol. The summed E-state index contributed by atoms with van der Waals surface area (Å²) in [4.78, 5) is 12.4. The number of urea groups is 1. The van der Waals surface area contributed by atoms with Crippen molar-refractivity contribution in [2.75, 3.05) is 30.5 Å². The molecule has 27 heavy (non-hydrogen) atoms. The molecule has 0 aliphatic carbocycles. The van der Waals surface area contributed by atoms with Crippen LogP contribution in [0.25, 0.3) is 0 Å². The molecule has 6 heteroatoms. The first-order valence-corrected chi connectivity index (χ1v) is 9.19. The maximum atomic E-state index is 12.4. The van der Waals surface area contributed by atoms with Crippen molar-refractivity contribution in [3.63, 3.8) is 0 Å². The Kier molecular flexibility index (Phi) is 7.34. The van der Waals surface area contributed by atoms with E-state index in [1.54, 1.807) is 12.1 Å². The maximum Gasteiger partial charge on any atom is 0.323 e. The van der Waals surface area contributed by atoms with Crippen LogP contribution in [0.15, 0.2) is 30.3 Å². The molecule has 0 aliphatic rings. The van der Waals surface area contributed by atoms with Crippen LogP contribution in [0.2, 0.25) is 0 Å². The van der Waals surface area contributed by atoms with Crippen LogP contribution >= 0.6 is 0 Å². The molecule has 0 atom stereocenters. The summed E-state index contributed by atoms with van der Waals surface area (Å²) in [5, 5.41) is 5.68. The van der Waals surface area contributed by atoms with E-state index in [1.165, 1.54) is 0 Å². The van der Waals surface area contributed by atoms with Crippen LogP contribution < -0.4 is 24.8 Å². The van der Waals surface area contributed by atoms with E-state index in [-0.39, 0.29) is 6.03 Å². The first-order chi connectivity index (χ1) is 13.0. The van der Waals surface area contributed by atoms with Gasteiger partial charge in [0, 0.05) is 17.8 Å². The lowest BCUT2D eigenvalue weighted by atomic mass is 10.1. The van der Waals surface area contributed by atoms with Crippen LogP contribution in [-0.4, -0.2) is 25.9 Å². The first kappa shape index (κ1) is 20.4. The van der Waals surface area contributed by atoms with Gasteiger partial charge in [-0.2, -0.15) is 0 Å². The summed E-state index contributed by atoms with van der Waals surface area (Å²) in [6.07, 6.45) is 0. The SMILES string of the molecule is CCOc1cc(NC(=O)Nc2cc(C)cc(C)c2)cc(OCC)c1OCC. The van der Waals surface area contributed by atoms with Crippen LogP contribution in [0, 0.1) is 13.8 Å². The highest BCUT2D eigenvalue weighted by molar-refractivity contribution is 6.00. The number of carbonyl (C=O) groups excluding carboxylic acids is 1. The van der Waals surface area contributed by atoms with Gasteiger partial charge in [-0.3, -0.25) is 0 Å². The van der Waals surface area contributed by atoms with Gasteiger partial charge in [0.05, 0.1) is 25.5 Å². The quantitative estimate of drug-likeness (QED) is 0.673. The Labute approximate surface area is 160 Å². The summed E-state index contributed by atoms with van der Waals surface area (Å²) < 4.78 is 17.0. The number of rotatable bonds is 8. The number of anilines is 2. The Morgan fingerprint density at radius 2 is 1.19 bits per heavy atom. The van der Waals surface area contributed by atoms with Crippen LogP contribution in [0.4, 0.5) is 16.2 Å². The van der Waals surface area contributed by atoms with E-state index in [0.717, 1.165) is 16.8 Å². The molecule has 0 unspecified atom stereocenters. The van der Waals surface area contributed by atoms with Gasteiger partial charge >= 0.3 is 6.03 Å². The number of ether oxygens (including phenoxy) is 3. The number of benzene rings is 2. The molecule has 0 spiro atoms. The molecule has 2 amide bonds. The van der Waals surface area contributed by atoms with Crippen molar-refractivity contribution in [3.05, 3.63) is 41.5 Å². The molecule has 2 rings (SSSR count). The molecule has 0 fully saturated rings. The average molecular weight is 372 g/mol. The minimum Gasteiger partial charge on any atom is -0.490 e. The molecule has 2 N–H and O–H groups in total. The minimum atomic E-state index is -0.339. The van der Waals surface area contributed by atoms with Gasteiger partial charge in [-0.25, -0.2) is 4.79 Å². The zero-order chi connectivity index (χ0) is 19.8. The number of nitrogens with one attached hydrogen (secondary N) is 2. The zero-order valence-corrected chi connectivity index (χ0v) is 16.6. The summed E-state index contributed by atoms with van der Waals surface area (Å²) >= 11 is 0. The van der Waals surface area contributed by atoms with Crippen molar-refractivity contribution in [1.82, 2.24) is 0 Å². The third-order valence-corrected chi connectivity index (χ3v) is 3.65. The smallest absolute Gasteiger partial charge is 0.323 e. The third kappa shape index (κ3) is 5.81. The summed E-state index contributed by atoms with van der Waals surface area (Å²) in [6, 6.07) is 9.02. The lowest BCUT2D eigenvalue weighted by Gasteiger charge is -2.17. The van der Waals surface area contributed by atoms with Gasteiger partial charge in [-0.1, -0.05) is 6.07 Å². The van der Waals surface area contributed by atoms with Gasteiger partial charge in [-0.05, 0) is 57.9 Å². The molecule has 0 saturated heterocycles. The van der Waals surface area contributed by atoms with Crippen molar-refractivity contribution in [1.29, 1.82) is 0 Å². The van der Waals surface area contributed by atoms with Gasteiger partial charge in [-0.15, -0.1) is 0 Å². The number of hydrogen-bond acceptors (Lipinski definition) is 4. The summed E-state index contributed by atoms with van der Waals surface area (Å²) in [7, 11) is 0. The van der Waals surface area contributed by atoms with Gasteiger partial charge in [0.15, 0.2) is 11.5 Å². The molecule has 0 aromatic heterocycles. The Morgan fingerprint density at radius 3 is 1.63 bits per heavy atom. The van der Waals surface area contributed by atoms with E-state index >= 15 is 0 Å². The van der Waals surface area contributed by atoms with Gasteiger partial charge in [0.2, 0.25) is 5.75 Å². The molecule has 0 radical (unpaired) electrons. The fourth-order valence-electron chi connectivity index (χ4n) is 2.80. The largest absolute Gasteiger partial charge is 0.490 e. The second-order valence-electron chi connectivity index (χ2n) is 6.06. The molecular formula is C21H28N2O4. The highest BCUT2D eigenvalue weighted by Gasteiger charge is 2.16. The fourth-order valence-corrected chi connectivity index (χ4v) is 2.80. The van der Waals surface area contributed by atoms with Crippen molar-refractivity contribution in [3.8, 4) is 17.2 Å². The Morgan fingerprint density at radius 1 is 0.741 bits per heavy atom. The lowest BCUT2D eigenvalue weighted by molar-refractivity contribution is 0.260. The van der Waals surface area contributed by atoms with E-state index in [9.17, 15) is 4.79 Å². The van der Waals surface area contributed by atoms with Crippen LogP contribution in [0.3, 0.4) is 0 Å². The highest BCUT2D eigenvalue weighted by Crippen LogP contribution is 2.40. The second-order valence-corrected chi connectivity index (χ2v) is 6.06. The highest BCUT2D eigenvalue weighted by atomic mass is 16.5. The van der Waals surface area contributed by atoms with Crippen LogP contribution in [0.5, 0.6) is 17.2 Å². The molecule has 0 heterocycles. The molecule has 2 aromatic rings. The Bertz CT molecular complexity index is 742. The van der Waals surface area contributed by atoms with Gasteiger partial charge in [0.25, 0.3) is 0 Å². The second kappa shape index (κ2) is 9.71. The van der Waals surface area contributed by atoms with E-state index in [1.807, 2.05) is 46.8 Å². The minimum absolute atomic E-state index is 0.339. The van der Waals surface area contributed by atoms with Crippen molar-refractivity contribution in [2.24, 2.45) is 0 Å². The topological polar surface area (TPSA) is 68.8 Å². The maximum absolute atomic E-state index is 12.4. The number of aryl methyl sites for hydroxylation is 2. The zero-order valence-electron chi connectivity index (χ0n) is 16.6. The molecule has 0 aliphatic heterocycles. The van der Waals surface area contributed by atoms with Crippen LogP contribution in [0.1, 0.15) is 31.9 Å². The first-order valence-electron chi connectivity index (χ1n) is 9.19. The molecule has 2 aromatic carbocycles. The standard InChI is InChI=1S/C21H28N2O4/c1-6-25-18-12-17(13-19(26-7-2)20(18)27-8-3)23-21(24)22-16-10-14(4)9-15(5)11-16/h9-13H,6-8H2,1-5H3,(H2,22,23,24). The molecule has 146 valence electrons. The predicted molar refractivity (Wildman–Crippen MR) is 109 cm³/mol. The van der Waals surface area contributed by atoms with E-state index in [2.05, 4.69) is 16.7 Å². The van der Waals surface area contributed by atoms with Crippen molar-refractivity contribution in [2.45, 2.75) is 34.6 Å². The molecule has 0 bridgehead atoms. The number of amides is 2. The van der Waals surface area contributed by atoms with E-state index in [4.69, 9.17) is 14.2 Å². The Balaban J connectivity index is 2.24. The fraction of sp³-hybridized carbons (Fsp3) is 0.381. The number of carbonyl (C=O) groups is 1. The Hall–Kier alpha value is -2.89. The normalized spacial score (nSPS) is 10.3. The van der Waals surface area contributed by atoms with E-state index in [0.29, 0.717) is 42.8 Å². The number of hydrogen-bond donors (Lipinski definition) is 2. The van der Waals surface area contributed by atoms with Gasteiger partial charge in [0.1, 0.15) is 0 Å². The lowest BCUT2D eigenvalue weighted by Crippen LogP contribution is -2.19. The average Bonchev–Trinajstić information content (AvgIpc) is 2.57. The molecular weight excluding hydrogens is 344 g/mol. The van der Waals surface area contributed by atoms with Crippen LogP contribution in [-0.2, 0) is 0 Å². The summed E-state index contributed by atoms with van der Waals surface area (Å²) in [5.41, 5.74) is 3.48. The molecule has 0 saturated carbocycles. The molecule has 6 nitrogen and oxygen atoms in total. The van der Waals surface area contributed by atoms with Gasteiger partial charge < -0.3 is 24.8 Å². The van der Waals surface area contributed by atoms with Crippen molar-refractivity contribution >= 4 is 17.4 Å². The van der Waals surface area contributed by atoms with Crippen molar-refractivity contribution < 1.29 is 19.0 Å². The van der Waals surface area contributed by atoms with E-state index < -0.39 is 0 Å². The third-order valence-electron chi connectivity index (χ3n) is 3.65. The summed E-state index contributed by atoms with van der Waals surface area (Å²) in [6.45, 7) is 11.1. The summed E-state index contributed by atoms with van der Waals surface area (Å²) in [5.74, 6) is 1.61. The predicted octanol–water partition coefficient (Wildman–Crippen LogP) is 5.14.